The van der Waals surface area contributed by atoms with Crippen LogP contribution >= 0.6 is 0 Å². The van der Waals surface area contributed by atoms with E-state index in [9.17, 15) is 18.0 Å². The number of carbonyl (C=O) groups excluding carboxylic acids is 2. The van der Waals surface area contributed by atoms with Gasteiger partial charge in [0.1, 0.15) is 16.3 Å². The Labute approximate surface area is 206 Å². The summed E-state index contributed by atoms with van der Waals surface area (Å²) in [6.07, 6.45) is 3.26. The molecule has 0 saturated carbocycles. The van der Waals surface area contributed by atoms with E-state index in [1.807, 2.05) is 13.8 Å². The molecule has 0 aromatic heterocycles. The van der Waals surface area contributed by atoms with E-state index in [0.29, 0.717) is 17.7 Å². The summed E-state index contributed by atoms with van der Waals surface area (Å²) in [5.74, 6) is -0.693. The van der Waals surface area contributed by atoms with Crippen molar-refractivity contribution in [2.24, 2.45) is 0 Å². The van der Waals surface area contributed by atoms with Gasteiger partial charge in [0.25, 0.3) is 11.8 Å². The van der Waals surface area contributed by atoms with Crippen molar-refractivity contribution in [1.29, 1.82) is 0 Å². The number of unbranched alkanes of at least 4 members (excludes halogenated alkanes) is 1. The van der Waals surface area contributed by atoms with Gasteiger partial charge in [-0.3, -0.25) is 9.59 Å². The van der Waals surface area contributed by atoms with Crippen LogP contribution in [0.15, 0.2) is 89.5 Å². The lowest BCUT2D eigenvalue weighted by Gasteiger charge is -2.11. The topological polar surface area (TPSA) is 102 Å². The van der Waals surface area contributed by atoms with Crippen molar-refractivity contribution in [1.82, 2.24) is 10.6 Å². The van der Waals surface area contributed by atoms with Gasteiger partial charge in [-0.25, -0.2) is 0 Å². The Morgan fingerprint density at radius 2 is 1.57 bits per heavy atom. The Morgan fingerprint density at radius 3 is 2.20 bits per heavy atom. The van der Waals surface area contributed by atoms with Crippen LogP contribution in [0.1, 0.15) is 41.3 Å². The van der Waals surface area contributed by atoms with Gasteiger partial charge in [0.2, 0.25) is 0 Å². The second kappa shape index (κ2) is 12.0. The molecule has 0 aliphatic carbocycles. The van der Waals surface area contributed by atoms with E-state index >= 15 is 0 Å². The summed E-state index contributed by atoms with van der Waals surface area (Å²) >= 11 is 0. The van der Waals surface area contributed by atoms with Crippen LogP contribution < -0.4 is 14.8 Å². The number of hydrogen-bond donors (Lipinski definition) is 2. The molecule has 3 rings (SSSR count). The highest BCUT2D eigenvalue weighted by molar-refractivity contribution is 7.87. The van der Waals surface area contributed by atoms with Crippen LogP contribution in [0.5, 0.6) is 5.75 Å². The van der Waals surface area contributed by atoms with E-state index < -0.39 is 21.9 Å². The largest absolute Gasteiger partial charge is 0.379 e. The third-order valence-corrected chi connectivity index (χ3v) is 6.31. The predicted octanol–water partition coefficient (Wildman–Crippen LogP) is 4.45. The van der Waals surface area contributed by atoms with E-state index in [-0.39, 0.29) is 16.3 Å². The third kappa shape index (κ3) is 7.55. The average Bonchev–Trinajstić information content (AvgIpc) is 2.85. The molecule has 7 nitrogen and oxygen atoms in total. The minimum absolute atomic E-state index is 0.0572. The van der Waals surface area contributed by atoms with E-state index in [1.54, 1.807) is 54.6 Å². The molecule has 2 N–H and O–H groups in total. The van der Waals surface area contributed by atoms with Crippen LogP contribution in [0.2, 0.25) is 0 Å². The summed E-state index contributed by atoms with van der Waals surface area (Å²) in [4.78, 5) is 25.4. The molecule has 2 amide bonds. The van der Waals surface area contributed by atoms with Crippen LogP contribution in [0.4, 0.5) is 0 Å². The van der Waals surface area contributed by atoms with Crippen LogP contribution in [0.3, 0.4) is 0 Å². The fourth-order valence-corrected chi connectivity index (χ4v) is 4.01. The highest BCUT2D eigenvalue weighted by Crippen LogP contribution is 2.20. The molecule has 0 atom stereocenters. The highest BCUT2D eigenvalue weighted by atomic mass is 32.2. The number of nitrogens with one attached hydrogen (secondary N) is 2. The molecule has 3 aromatic rings. The SMILES string of the molecule is CCCCNC(=O)C(=Cc1ccc(OS(=O)(=O)c2ccc(C)cc2)cc1)NC(=O)c1ccccc1. The fourth-order valence-electron chi connectivity index (χ4n) is 3.08. The Kier molecular flexibility index (Phi) is 8.80. The molecule has 8 heteroatoms. The van der Waals surface area contributed by atoms with Gasteiger partial charge >= 0.3 is 10.1 Å². The first kappa shape index (κ1) is 25.7. The number of amides is 2. The van der Waals surface area contributed by atoms with Crippen molar-refractivity contribution in [2.75, 3.05) is 6.54 Å². The Morgan fingerprint density at radius 1 is 0.914 bits per heavy atom. The standard InChI is InChI=1S/C27H28N2O5S/c1-3-4-18-28-27(31)25(29-26(30)22-8-6-5-7-9-22)19-21-12-14-23(15-13-21)34-35(32,33)24-16-10-20(2)11-17-24/h5-17,19H,3-4,18H2,1-2H3,(H,28,31)(H,29,30). The smallest absolute Gasteiger partial charge is 0.339 e. The zero-order chi connectivity index (χ0) is 25.3. The number of rotatable bonds is 10. The Bertz CT molecular complexity index is 1280. The third-order valence-electron chi connectivity index (χ3n) is 5.05. The molecule has 0 unspecified atom stereocenters. The number of aryl methyl sites for hydroxylation is 1. The monoisotopic (exact) mass is 492 g/mol. The lowest BCUT2D eigenvalue weighted by Crippen LogP contribution is -2.35. The summed E-state index contributed by atoms with van der Waals surface area (Å²) in [5, 5.41) is 5.47. The van der Waals surface area contributed by atoms with Gasteiger partial charge in [0.05, 0.1) is 0 Å². The first-order chi connectivity index (χ1) is 16.8. The maximum Gasteiger partial charge on any atom is 0.339 e. The van der Waals surface area contributed by atoms with Gasteiger partial charge in [0, 0.05) is 12.1 Å². The quantitative estimate of drug-likeness (QED) is 0.247. The van der Waals surface area contributed by atoms with Gasteiger partial charge in [-0.15, -0.1) is 0 Å². The minimum Gasteiger partial charge on any atom is -0.379 e. The molecule has 0 saturated heterocycles. The number of benzene rings is 3. The molecule has 0 radical (unpaired) electrons. The summed E-state index contributed by atoms with van der Waals surface area (Å²) in [6.45, 7) is 4.37. The lowest BCUT2D eigenvalue weighted by atomic mass is 10.1. The minimum atomic E-state index is -3.98. The summed E-state index contributed by atoms with van der Waals surface area (Å²) < 4.78 is 30.2. The fraction of sp³-hybridized carbons (Fsp3) is 0.185. The number of carbonyl (C=O) groups is 2. The summed E-state index contributed by atoms with van der Waals surface area (Å²) in [6, 6.07) is 21.1. The highest BCUT2D eigenvalue weighted by Gasteiger charge is 2.17. The molecule has 0 aliphatic rings. The average molecular weight is 493 g/mol. The summed E-state index contributed by atoms with van der Waals surface area (Å²) in [5.41, 5.74) is 2.02. The second-order valence-electron chi connectivity index (χ2n) is 7.91. The van der Waals surface area contributed by atoms with Crippen molar-refractivity contribution in [3.63, 3.8) is 0 Å². The van der Waals surface area contributed by atoms with Crippen LogP contribution in [-0.2, 0) is 14.9 Å². The number of hydrogen-bond acceptors (Lipinski definition) is 5. The van der Waals surface area contributed by atoms with Gasteiger partial charge in [-0.1, -0.05) is 61.4 Å². The Balaban J connectivity index is 1.79. The molecule has 0 aliphatic heterocycles. The van der Waals surface area contributed by atoms with Crippen LogP contribution in [0.25, 0.3) is 6.08 Å². The van der Waals surface area contributed by atoms with Crippen molar-refractivity contribution in [2.45, 2.75) is 31.6 Å². The maximum atomic E-state index is 12.7. The van der Waals surface area contributed by atoms with E-state index in [0.717, 1.165) is 18.4 Å². The van der Waals surface area contributed by atoms with Crippen molar-refractivity contribution >= 4 is 28.0 Å². The summed E-state index contributed by atoms with van der Waals surface area (Å²) in [7, 11) is -3.98. The van der Waals surface area contributed by atoms with Gasteiger partial charge in [-0.2, -0.15) is 8.42 Å². The van der Waals surface area contributed by atoms with Gasteiger partial charge < -0.3 is 14.8 Å². The molecule has 0 fully saturated rings. The van der Waals surface area contributed by atoms with Crippen molar-refractivity contribution in [3.8, 4) is 5.75 Å². The van der Waals surface area contributed by atoms with Gasteiger partial charge in [0.15, 0.2) is 0 Å². The zero-order valence-electron chi connectivity index (χ0n) is 19.7. The van der Waals surface area contributed by atoms with E-state index in [1.165, 1.54) is 30.3 Å². The molecular formula is C27H28N2O5S. The van der Waals surface area contributed by atoms with Crippen LogP contribution in [-0.4, -0.2) is 26.8 Å². The molecule has 3 aromatic carbocycles. The van der Waals surface area contributed by atoms with Crippen LogP contribution in [0, 0.1) is 6.92 Å². The molecule has 0 heterocycles. The first-order valence-electron chi connectivity index (χ1n) is 11.3. The van der Waals surface area contributed by atoms with Crippen molar-refractivity contribution in [3.05, 3.63) is 101 Å². The zero-order valence-corrected chi connectivity index (χ0v) is 20.5. The van der Waals surface area contributed by atoms with E-state index in [4.69, 9.17) is 4.18 Å². The predicted molar refractivity (Wildman–Crippen MR) is 135 cm³/mol. The second-order valence-corrected chi connectivity index (χ2v) is 9.45. The lowest BCUT2D eigenvalue weighted by molar-refractivity contribution is -0.117. The van der Waals surface area contributed by atoms with E-state index in [2.05, 4.69) is 10.6 Å². The molecule has 182 valence electrons. The maximum absolute atomic E-state index is 12.7. The molecule has 0 bridgehead atoms. The molecule has 35 heavy (non-hydrogen) atoms. The molecule has 0 spiro atoms. The van der Waals surface area contributed by atoms with Gasteiger partial charge in [-0.05, 0) is 61.4 Å². The first-order valence-corrected chi connectivity index (χ1v) is 12.7. The van der Waals surface area contributed by atoms with Crippen molar-refractivity contribution < 1.29 is 22.2 Å². The normalized spacial score (nSPS) is 11.5. The Hall–Kier alpha value is -3.91. The molecular weight excluding hydrogens is 464 g/mol.